The van der Waals surface area contributed by atoms with E-state index in [2.05, 4.69) is 20.6 Å². The van der Waals surface area contributed by atoms with Gasteiger partial charge in [0, 0.05) is 19.2 Å². The van der Waals surface area contributed by atoms with Crippen molar-refractivity contribution < 1.29 is 9.59 Å². The van der Waals surface area contributed by atoms with E-state index in [9.17, 15) is 9.59 Å². The molecular formula is C16H21N5O2. The molecule has 0 aliphatic heterocycles. The summed E-state index contributed by atoms with van der Waals surface area (Å²) in [6.07, 6.45) is 5.15. The predicted octanol–water partition coefficient (Wildman–Crippen LogP) is 2.00. The van der Waals surface area contributed by atoms with Crippen LogP contribution >= 0.6 is 0 Å². The van der Waals surface area contributed by atoms with Crippen molar-refractivity contribution >= 4 is 17.5 Å². The Morgan fingerprint density at radius 2 is 2.04 bits per heavy atom. The Kier molecular flexibility index (Phi) is 5.46. The summed E-state index contributed by atoms with van der Waals surface area (Å²) in [4.78, 5) is 31.6. The van der Waals surface area contributed by atoms with Crippen molar-refractivity contribution in [2.24, 2.45) is 5.92 Å². The molecule has 0 saturated heterocycles. The van der Waals surface area contributed by atoms with Crippen LogP contribution in [0.1, 0.15) is 37.7 Å². The summed E-state index contributed by atoms with van der Waals surface area (Å²) in [6, 6.07) is 3.51. The van der Waals surface area contributed by atoms with Crippen LogP contribution < -0.4 is 10.6 Å². The lowest BCUT2D eigenvalue weighted by Crippen LogP contribution is -2.27. The van der Waals surface area contributed by atoms with E-state index in [1.54, 1.807) is 36.0 Å². The maximum atomic E-state index is 11.9. The summed E-state index contributed by atoms with van der Waals surface area (Å²) in [5.41, 5.74) is 0.978. The van der Waals surface area contributed by atoms with Gasteiger partial charge in [0.2, 0.25) is 5.91 Å². The monoisotopic (exact) mass is 315 g/mol. The third-order valence-corrected chi connectivity index (χ3v) is 3.10. The predicted molar refractivity (Wildman–Crippen MR) is 87.5 cm³/mol. The first-order valence-electron chi connectivity index (χ1n) is 7.58. The Morgan fingerprint density at radius 3 is 2.65 bits per heavy atom. The van der Waals surface area contributed by atoms with E-state index in [1.165, 1.54) is 6.33 Å². The van der Waals surface area contributed by atoms with Gasteiger partial charge in [-0.25, -0.2) is 9.97 Å². The van der Waals surface area contributed by atoms with Gasteiger partial charge in [0.05, 0.1) is 11.9 Å². The minimum atomic E-state index is -0.204. The van der Waals surface area contributed by atoms with Crippen LogP contribution in [0.4, 0.5) is 5.69 Å². The normalized spacial score (nSPS) is 10.6. The fourth-order valence-corrected chi connectivity index (χ4v) is 1.81. The fraction of sp³-hybridized carbons (Fsp3) is 0.375. The molecule has 2 aromatic rings. The lowest BCUT2D eigenvalue weighted by Gasteiger charge is -2.06. The van der Waals surface area contributed by atoms with Gasteiger partial charge in [-0.05, 0) is 18.1 Å². The van der Waals surface area contributed by atoms with Gasteiger partial charge in [0.1, 0.15) is 17.8 Å². The molecule has 7 heteroatoms. The molecule has 0 aromatic carbocycles. The van der Waals surface area contributed by atoms with Crippen LogP contribution in [-0.2, 0) is 4.79 Å². The molecule has 7 nitrogen and oxygen atoms in total. The first kappa shape index (κ1) is 16.7. The van der Waals surface area contributed by atoms with E-state index in [0.717, 1.165) is 0 Å². The minimum Gasteiger partial charge on any atom is -0.350 e. The zero-order chi connectivity index (χ0) is 16.8. The van der Waals surface area contributed by atoms with Gasteiger partial charge >= 0.3 is 0 Å². The zero-order valence-electron chi connectivity index (χ0n) is 13.5. The number of nitrogens with zero attached hydrogens (tertiary/aromatic N) is 3. The van der Waals surface area contributed by atoms with Crippen LogP contribution in [0.25, 0.3) is 5.82 Å². The van der Waals surface area contributed by atoms with E-state index in [4.69, 9.17) is 0 Å². The second-order valence-electron chi connectivity index (χ2n) is 5.58. The van der Waals surface area contributed by atoms with Gasteiger partial charge < -0.3 is 10.6 Å². The second kappa shape index (κ2) is 7.53. The maximum Gasteiger partial charge on any atom is 0.271 e. The standard InChI is InChI=1S/C16H21N5O2/c1-4-15(22)20-12-5-6-14(17-8-12)21-9-13(19-10-21)16(23)18-7-11(2)3/h5-6,8-11H,4,7H2,1-3H3,(H,18,23)(H,20,22). The summed E-state index contributed by atoms with van der Waals surface area (Å²) < 4.78 is 1.66. The number of carbonyl (C=O) groups excluding carboxylic acids is 2. The smallest absolute Gasteiger partial charge is 0.271 e. The molecule has 0 aliphatic rings. The van der Waals surface area contributed by atoms with Crippen molar-refractivity contribution in [2.75, 3.05) is 11.9 Å². The summed E-state index contributed by atoms with van der Waals surface area (Å²) in [5.74, 6) is 0.735. The average Bonchev–Trinajstić information content (AvgIpc) is 3.03. The SMILES string of the molecule is CCC(=O)Nc1ccc(-n2cnc(C(=O)NCC(C)C)c2)nc1. The van der Waals surface area contributed by atoms with E-state index >= 15 is 0 Å². The average molecular weight is 315 g/mol. The highest BCUT2D eigenvalue weighted by molar-refractivity contribution is 5.92. The van der Waals surface area contributed by atoms with Gasteiger partial charge in [0.25, 0.3) is 5.91 Å². The Labute approximate surface area is 135 Å². The number of hydrogen-bond acceptors (Lipinski definition) is 4. The fourth-order valence-electron chi connectivity index (χ4n) is 1.81. The molecule has 2 aromatic heterocycles. The first-order chi connectivity index (χ1) is 11.0. The molecule has 2 rings (SSSR count). The number of amides is 2. The van der Waals surface area contributed by atoms with Crippen molar-refractivity contribution in [3.63, 3.8) is 0 Å². The number of anilines is 1. The van der Waals surface area contributed by atoms with Crippen LogP contribution in [0.2, 0.25) is 0 Å². The van der Waals surface area contributed by atoms with Gasteiger partial charge in [0.15, 0.2) is 0 Å². The molecule has 2 N–H and O–H groups in total. The molecule has 0 bridgehead atoms. The number of imidazole rings is 1. The number of rotatable bonds is 6. The molecule has 23 heavy (non-hydrogen) atoms. The quantitative estimate of drug-likeness (QED) is 0.853. The van der Waals surface area contributed by atoms with Crippen LogP contribution in [0.3, 0.4) is 0 Å². The molecule has 0 unspecified atom stereocenters. The lowest BCUT2D eigenvalue weighted by molar-refractivity contribution is -0.115. The Bertz CT molecular complexity index is 676. The topological polar surface area (TPSA) is 88.9 Å². The highest BCUT2D eigenvalue weighted by Gasteiger charge is 2.10. The lowest BCUT2D eigenvalue weighted by atomic mass is 10.2. The minimum absolute atomic E-state index is 0.0636. The van der Waals surface area contributed by atoms with Crippen molar-refractivity contribution in [1.82, 2.24) is 19.9 Å². The van der Waals surface area contributed by atoms with Crippen molar-refractivity contribution in [3.05, 3.63) is 36.5 Å². The van der Waals surface area contributed by atoms with Crippen LogP contribution in [0.15, 0.2) is 30.9 Å². The molecule has 0 saturated carbocycles. The highest BCUT2D eigenvalue weighted by atomic mass is 16.2. The third kappa shape index (κ3) is 4.64. The molecular weight excluding hydrogens is 294 g/mol. The zero-order valence-corrected chi connectivity index (χ0v) is 13.5. The molecule has 2 heterocycles. The molecule has 0 atom stereocenters. The first-order valence-corrected chi connectivity index (χ1v) is 7.58. The molecule has 0 radical (unpaired) electrons. The van der Waals surface area contributed by atoms with Crippen molar-refractivity contribution in [3.8, 4) is 5.82 Å². The summed E-state index contributed by atoms with van der Waals surface area (Å²) >= 11 is 0. The van der Waals surface area contributed by atoms with E-state index in [-0.39, 0.29) is 11.8 Å². The van der Waals surface area contributed by atoms with Crippen LogP contribution in [0.5, 0.6) is 0 Å². The Hall–Kier alpha value is -2.70. The van der Waals surface area contributed by atoms with Crippen molar-refractivity contribution in [1.29, 1.82) is 0 Å². The Morgan fingerprint density at radius 1 is 1.26 bits per heavy atom. The number of hydrogen-bond donors (Lipinski definition) is 2. The van der Waals surface area contributed by atoms with Gasteiger partial charge in [-0.1, -0.05) is 20.8 Å². The third-order valence-electron chi connectivity index (χ3n) is 3.10. The molecule has 0 spiro atoms. The number of aromatic nitrogens is 3. The second-order valence-corrected chi connectivity index (χ2v) is 5.58. The molecule has 0 aliphatic carbocycles. The van der Waals surface area contributed by atoms with E-state index in [0.29, 0.717) is 36.1 Å². The number of nitrogens with one attached hydrogen (secondary N) is 2. The molecule has 0 fully saturated rings. The van der Waals surface area contributed by atoms with Crippen LogP contribution in [0, 0.1) is 5.92 Å². The van der Waals surface area contributed by atoms with Gasteiger partial charge in [-0.3, -0.25) is 14.2 Å². The largest absolute Gasteiger partial charge is 0.350 e. The van der Waals surface area contributed by atoms with Crippen LogP contribution in [-0.4, -0.2) is 32.9 Å². The maximum absolute atomic E-state index is 11.9. The van der Waals surface area contributed by atoms with Gasteiger partial charge in [-0.15, -0.1) is 0 Å². The number of pyridine rings is 1. The Balaban J connectivity index is 2.05. The summed E-state index contributed by atoms with van der Waals surface area (Å²) in [5, 5.41) is 5.55. The molecule has 122 valence electrons. The highest BCUT2D eigenvalue weighted by Crippen LogP contribution is 2.11. The summed E-state index contributed by atoms with van der Waals surface area (Å²) in [7, 11) is 0. The molecule has 2 amide bonds. The van der Waals surface area contributed by atoms with E-state index < -0.39 is 0 Å². The summed E-state index contributed by atoms with van der Waals surface area (Å²) in [6.45, 7) is 6.45. The van der Waals surface area contributed by atoms with Crippen molar-refractivity contribution in [2.45, 2.75) is 27.2 Å². The number of carbonyl (C=O) groups is 2. The van der Waals surface area contributed by atoms with E-state index in [1.807, 2.05) is 13.8 Å². The van der Waals surface area contributed by atoms with Gasteiger partial charge in [-0.2, -0.15) is 0 Å².